The zero-order chi connectivity index (χ0) is 19.2. The van der Waals surface area contributed by atoms with E-state index in [1.165, 1.54) is 5.56 Å². The van der Waals surface area contributed by atoms with Crippen molar-refractivity contribution in [1.82, 2.24) is 24.6 Å². The molecule has 6 heteroatoms. The van der Waals surface area contributed by atoms with E-state index in [4.69, 9.17) is 0 Å². The molecule has 28 heavy (non-hydrogen) atoms. The second-order valence-electron chi connectivity index (χ2n) is 6.65. The number of hydrogen-bond donors (Lipinski definition) is 1. The van der Waals surface area contributed by atoms with Gasteiger partial charge in [0, 0.05) is 42.8 Å². The molecule has 0 aliphatic carbocycles. The SMILES string of the molecule is O=C(NCc1cnn(Cc2ccccc2)c1)c1ccc(Cn2ccnc2)cc1. The van der Waals surface area contributed by atoms with Gasteiger partial charge in [0.1, 0.15) is 0 Å². The van der Waals surface area contributed by atoms with Crippen LogP contribution >= 0.6 is 0 Å². The van der Waals surface area contributed by atoms with Crippen LogP contribution in [0.25, 0.3) is 0 Å². The molecule has 0 spiro atoms. The van der Waals surface area contributed by atoms with E-state index in [9.17, 15) is 4.79 Å². The van der Waals surface area contributed by atoms with Crippen LogP contribution in [0.2, 0.25) is 0 Å². The number of rotatable bonds is 7. The number of carbonyl (C=O) groups is 1. The highest BCUT2D eigenvalue weighted by Crippen LogP contribution is 2.08. The maximum atomic E-state index is 12.4. The van der Waals surface area contributed by atoms with Gasteiger partial charge in [-0.25, -0.2) is 4.98 Å². The summed E-state index contributed by atoms with van der Waals surface area (Å²) < 4.78 is 3.86. The first kappa shape index (κ1) is 17.7. The van der Waals surface area contributed by atoms with Crippen molar-refractivity contribution >= 4 is 5.91 Å². The summed E-state index contributed by atoms with van der Waals surface area (Å²) in [5.41, 5.74) is 3.93. The van der Waals surface area contributed by atoms with Crippen LogP contribution in [0.3, 0.4) is 0 Å². The summed E-state index contributed by atoms with van der Waals surface area (Å²) in [6, 6.07) is 17.8. The molecule has 2 aromatic carbocycles. The van der Waals surface area contributed by atoms with Gasteiger partial charge >= 0.3 is 0 Å². The van der Waals surface area contributed by atoms with E-state index in [1.54, 1.807) is 18.7 Å². The first-order chi connectivity index (χ1) is 13.8. The molecule has 4 aromatic rings. The van der Waals surface area contributed by atoms with Crippen LogP contribution in [0, 0.1) is 0 Å². The van der Waals surface area contributed by atoms with Crippen LogP contribution < -0.4 is 5.32 Å². The smallest absolute Gasteiger partial charge is 0.251 e. The highest BCUT2D eigenvalue weighted by molar-refractivity contribution is 5.94. The number of carbonyl (C=O) groups excluding carboxylic acids is 1. The molecule has 1 N–H and O–H groups in total. The lowest BCUT2D eigenvalue weighted by atomic mass is 10.1. The Hall–Kier alpha value is -3.67. The van der Waals surface area contributed by atoms with Crippen LogP contribution in [0.1, 0.15) is 27.0 Å². The molecule has 4 rings (SSSR count). The number of aromatic nitrogens is 4. The monoisotopic (exact) mass is 371 g/mol. The van der Waals surface area contributed by atoms with Crippen LogP contribution in [-0.2, 0) is 19.6 Å². The maximum Gasteiger partial charge on any atom is 0.251 e. The molecule has 0 bridgehead atoms. The number of nitrogens with zero attached hydrogens (tertiary/aromatic N) is 4. The zero-order valence-corrected chi connectivity index (χ0v) is 15.4. The Balaban J connectivity index is 1.30. The number of nitrogens with one attached hydrogen (secondary N) is 1. The Labute approximate surface area is 163 Å². The topological polar surface area (TPSA) is 64.7 Å². The second kappa shape index (κ2) is 8.35. The largest absolute Gasteiger partial charge is 0.348 e. The second-order valence-corrected chi connectivity index (χ2v) is 6.65. The summed E-state index contributed by atoms with van der Waals surface area (Å²) in [6.45, 7) is 1.90. The first-order valence-corrected chi connectivity index (χ1v) is 9.14. The van der Waals surface area contributed by atoms with Gasteiger partial charge < -0.3 is 9.88 Å². The molecule has 0 fully saturated rings. The van der Waals surface area contributed by atoms with Crippen molar-refractivity contribution < 1.29 is 4.79 Å². The summed E-state index contributed by atoms with van der Waals surface area (Å²) in [4.78, 5) is 16.4. The van der Waals surface area contributed by atoms with E-state index in [-0.39, 0.29) is 5.91 Å². The van der Waals surface area contributed by atoms with Crippen LogP contribution in [0.15, 0.2) is 85.7 Å². The van der Waals surface area contributed by atoms with Gasteiger partial charge in [0.05, 0.1) is 19.1 Å². The van der Waals surface area contributed by atoms with Crippen molar-refractivity contribution in [2.75, 3.05) is 0 Å². The summed E-state index contributed by atoms with van der Waals surface area (Å²) >= 11 is 0. The average molecular weight is 371 g/mol. The highest BCUT2D eigenvalue weighted by atomic mass is 16.1. The highest BCUT2D eigenvalue weighted by Gasteiger charge is 2.07. The Kier molecular flexibility index (Phi) is 5.29. The van der Waals surface area contributed by atoms with Crippen molar-refractivity contribution in [2.45, 2.75) is 19.6 Å². The standard InChI is InChI=1S/C22H21N5O/c28-22(21-8-6-19(7-9-21)14-26-11-10-23-17-26)24-12-20-13-25-27(16-20)15-18-4-2-1-3-5-18/h1-11,13,16-17H,12,14-15H2,(H,24,28). The molecule has 2 heterocycles. The summed E-state index contributed by atoms with van der Waals surface area (Å²) in [6.07, 6.45) is 9.19. The van der Waals surface area contributed by atoms with Crippen molar-refractivity contribution in [2.24, 2.45) is 0 Å². The Morgan fingerprint density at radius 3 is 2.46 bits per heavy atom. The van der Waals surface area contributed by atoms with Gasteiger partial charge in [-0.3, -0.25) is 9.48 Å². The zero-order valence-electron chi connectivity index (χ0n) is 15.4. The molecule has 1 amide bonds. The maximum absolute atomic E-state index is 12.4. The van der Waals surface area contributed by atoms with Crippen LogP contribution in [0.4, 0.5) is 0 Å². The van der Waals surface area contributed by atoms with Gasteiger partial charge in [-0.1, -0.05) is 42.5 Å². The third-order valence-corrected chi connectivity index (χ3v) is 4.47. The van der Waals surface area contributed by atoms with Crippen LogP contribution in [0.5, 0.6) is 0 Å². The predicted molar refractivity (Wildman–Crippen MR) is 107 cm³/mol. The number of benzene rings is 2. The Morgan fingerprint density at radius 1 is 0.929 bits per heavy atom. The third-order valence-electron chi connectivity index (χ3n) is 4.47. The predicted octanol–water partition coefficient (Wildman–Crippen LogP) is 3.11. The fourth-order valence-corrected chi connectivity index (χ4v) is 2.99. The molecular formula is C22H21N5O. The molecular weight excluding hydrogens is 350 g/mol. The lowest BCUT2D eigenvalue weighted by molar-refractivity contribution is 0.0951. The minimum absolute atomic E-state index is 0.0926. The van der Waals surface area contributed by atoms with Crippen molar-refractivity contribution in [3.05, 3.63) is 108 Å². The van der Waals surface area contributed by atoms with E-state index in [0.717, 1.165) is 17.7 Å². The molecule has 0 aliphatic heterocycles. The van der Waals surface area contributed by atoms with Gasteiger partial charge in [0.25, 0.3) is 5.91 Å². The molecule has 0 aliphatic rings. The number of imidazole rings is 1. The molecule has 0 saturated carbocycles. The van der Waals surface area contributed by atoms with Crippen molar-refractivity contribution in [1.29, 1.82) is 0 Å². The van der Waals surface area contributed by atoms with Gasteiger partial charge in [0.15, 0.2) is 0 Å². The van der Waals surface area contributed by atoms with E-state index >= 15 is 0 Å². The summed E-state index contributed by atoms with van der Waals surface area (Å²) in [5.74, 6) is -0.0926. The minimum Gasteiger partial charge on any atom is -0.348 e. The Bertz CT molecular complexity index is 1020. The quantitative estimate of drug-likeness (QED) is 0.543. The molecule has 6 nitrogen and oxygen atoms in total. The lowest BCUT2D eigenvalue weighted by Crippen LogP contribution is -2.22. The van der Waals surface area contributed by atoms with E-state index < -0.39 is 0 Å². The van der Waals surface area contributed by atoms with Gasteiger partial charge in [0.2, 0.25) is 0 Å². The van der Waals surface area contributed by atoms with Crippen molar-refractivity contribution in [3.63, 3.8) is 0 Å². The van der Waals surface area contributed by atoms with E-state index in [0.29, 0.717) is 18.7 Å². The van der Waals surface area contributed by atoms with E-state index in [1.807, 2.05) is 64.1 Å². The molecule has 2 aromatic heterocycles. The summed E-state index contributed by atoms with van der Waals surface area (Å²) in [5, 5.41) is 7.32. The minimum atomic E-state index is -0.0926. The van der Waals surface area contributed by atoms with Gasteiger partial charge in [-0.05, 0) is 23.3 Å². The number of hydrogen-bond acceptors (Lipinski definition) is 3. The number of amides is 1. The van der Waals surface area contributed by atoms with E-state index in [2.05, 4.69) is 27.5 Å². The fourth-order valence-electron chi connectivity index (χ4n) is 2.99. The Morgan fingerprint density at radius 2 is 1.71 bits per heavy atom. The van der Waals surface area contributed by atoms with Crippen molar-refractivity contribution in [3.8, 4) is 0 Å². The lowest BCUT2D eigenvalue weighted by Gasteiger charge is -2.06. The molecule has 0 atom stereocenters. The summed E-state index contributed by atoms with van der Waals surface area (Å²) in [7, 11) is 0. The first-order valence-electron chi connectivity index (χ1n) is 9.14. The molecule has 0 radical (unpaired) electrons. The fraction of sp³-hybridized carbons (Fsp3) is 0.136. The third kappa shape index (κ3) is 4.54. The molecule has 140 valence electrons. The van der Waals surface area contributed by atoms with Gasteiger partial charge in [-0.2, -0.15) is 5.10 Å². The molecule has 0 unspecified atom stereocenters. The van der Waals surface area contributed by atoms with Crippen LogP contribution in [-0.4, -0.2) is 25.2 Å². The van der Waals surface area contributed by atoms with Gasteiger partial charge in [-0.15, -0.1) is 0 Å². The average Bonchev–Trinajstić information content (AvgIpc) is 3.40. The molecule has 0 saturated heterocycles. The normalized spacial score (nSPS) is 10.7.